The molecule has 0 aliphatic carbocycles. The van der Waals surface area contributed by atoms with Crippen molar-refractivity contribution in [3.63, 3.8) is 0 Å². The molecule has 0 saturated carbocycles. The molecule has 0 aliphatic rings. The molecule has 0 fully saturated rings. The van der Waals surface area contributed by atoms with Crippen LogP contribution < -0.4 is 0 Å². The molecular weight excluding hydrogens is 349 g/mol. The highest BCUT2D eigenvalue weighted by atomic mass is 32.2. The Morgan fingerprint density at radius 2 is 1.73 bits per heavy atom. The van der Waals surface area contributed by atoms with Gasteiger partial charge in [0.05, 0.1) is 12.8 Å². The first-order chi connectivity index (χ1) is 12.8. The molecule has 4 rings (SSSR count). The zero-order valence-electron chi connectivity index (χ0n) is 13.9. The predicted molar refractivity (Wildman–Crippen MR) is 99.2 cm³/mol. The van der Waals surface area contributed by atoms with E-state index in [1.807, 2.05) is 53.1 Å². The Morgan fingerprint density at radius 1 is 0.923 bits per heavy atom. The first-order valence-corrected chi connectivity index (χ1v) is 9.17. The Labute approximate surface area is 154 Å². The van der Waals surface area contributed by atoms with Crippen LogP contribution in [0.15, 0.2) is 82.6 Å². The van der Waals surface area contributed by atoms with Gasteiger partial charge in [-0.05, 0) is 23.8 Å². The van der Waals surface area contributed by atoms with Crippen molar-refractivity contribution in [2.75, 3.05) is 0 Å². The summed E-state index contributed by atoms with van der Waals surface area (Å²) in [4.78, 5) is 0. The number of thioether (sulfide) groups is 1. The van der Waals surface area contributed by atoms with Gasteiger partial charge < -0.3 is 4.42 Å². The Morgan fingerprint density at radius 3 is 2.50 bits per heavy atom. The van der Waals surface area contributed by atoms with Crippen molar-refractivity contribution in [1.82, 2.24) is 14.8 Å². The van der Waals surface area contributed by atoms with Crippen LogP contribution in [0, 0.1) is 5.82 Å². The number of furan rings is 1. The molecule has 0 spiro atoms. The summed E-state index contributed by atoms with van der Waals surface area (Å²) in [5.74, 6) is 1.85. The third-order valence-electron chi connectivity index (χ3n) is 3.96. The SMILES string of the molecule is Fc1ccccc1CSc1nnc(-c2ccccc2)n1Cc1ccco1. The normalized spacial score (nSPS) is 11.0. The molecule has 0 unspecified atom stereocenters. The maximum atomic E-state index is 13.9. The number of halogens is 1. The van der Waals surface area contributed by atoms with Gasteiger partial charge in [0, 0.05) is 11.3 Å². The van der Waals surface area contributed by atoms with Crippen LogP contribution in [0.3, 0.4) is 0 Å². The smallest absolute Gasteiger partial charge is 0.192 e. The monoisotopic (exact) mass is 365 g/mol. The van der Waals surface area contributed by atoms with Crippen molar-refractivity contribution < 1.29 is 8.81 Å². The summed E-state index contributed by atoms with van der Waals surface area (Å²) in [5.41, 5.74) is 1.62. The average Bonchev–Trinajstić information content (AvgIpc) is 3.32. The summed E-state index contributed by atoms with van der Waals surface area (Å²) < 4.78 is 21.4. The highest BCUT2D eigenvalue weighted by molar-refractivity contribution is 7.98. The molecule has 2 aromatic carbocycles. The fraction of sp³-hybridized carbons (Fsp3) is 0.100. The second kappa shape index (κ2) is 7.58. The van der Waals surface area contributed by atoms with Crippen LogP contribution in [0.5, 0.6) is 0 Å². The molecule has 4 aromatic rings. The van der Waals surface area contributed by atoms with Crippen LogP contribution in [-0.4, -0.2) is 14.8 Å². The molecule has 2 aromatic heterocycles. The molecule has 4 nitrogen and oxygen atoms in total. The second-order valence-electron chi connectivity index (χ2n) is 5.72. The lowest BCUT2D eigenvalue weighted by Gasteiger charge is -2.09. The number of aromatic nitrogens is 3. The molecule has 26 heavy (non-hydrogen) atoms. The van der Waals surface area contributed by atoms with Gasteiger partial charge in [-0.3, -0.25) is 4.57 Å². The van der Waals surface area contributed by atoms with E-state index in [2.05, 4.69) is 10.2 Å². The highest BCUT2D eigenvalue weighted by Gasteiger charge is 2.16. The van der Waals surface area contributed by atoms with Crippen molar-refractivity contribution in [2.24, 2.45) is 0 Å². The number of rotatable bonds is 6. The van der Waals surface area contributed by atoms with E-state index in [1.54, 1.807) is 18.4 Å². The van der Waals surface area contributed by atoms with Crippen molar-refractivity contribution in [2.45, 2.75) is 17.5 Å². The quantitative estimate of drug-likeness (QED) is 0.450. The number of nitrogens with zero attached hydrogens (tertiary/aromatic N) is 3. The molecule has 130 valence electrons. The highest BCUT2D eigenvalue weighted by Crippen LogP contribution is 2.28. The van der Waals surface area contributed by atoms with Crippen molar-refractivity contribution in [1.29, 1.82) is 0 Å². The zero-order chi connectivity index (χ0) is 17.8. The summed E-state index contributed by atoms with van der Waals surface area (Å²) in [6, 6.07) is 20.4. The molecule has 0 saturated heterocycles. The number of hydrogen-bond acceptors (Lipinski definition) is 4. The average molecular weight is 365 g/mol. The lowest BCUT2D eigenvalue weighted by Crippen LogP contribution is -2.03. The lowest BCUT2D eigenvalue weighted by atomic mass is 10.2. The van der Waals surface area contributed by atoms with E-state index in [9.17, 15) is 4.39 Å². The Bertz CT molecular complexity index is 983. The van der Waals surface area contributed by atoms with Gasteiger partial charge in [-0.15, -0.1) is 10.2 Å². The van der Waals surface area contributed by atoms with E-state index in [-0.39, 0.29) is 5.82 Å². The van der Waals surface area contributed by atoms with E-state index in [1.165, 1.54) is 17.8 Å². The van der Waals surface area contributed by atoms with Crippen LogP contribution in [0.1, 0.15) is 11.3 Å². The van der Waals surface area contributed by atoms with Gasteiger partial charge in [0.1, 0.15) is 11.6 Å². The van der Waals surface area contributed by atoms with Gasteiger partial charge in [0.25, 0.3) is 0 Å². The minimum absolute atomic E-state index is 0.208. The van der Waals surface area contributed by atoms with Crippen LogP contribution >= 0.6 is 11.8 Å². The minimum Gasteiger partial charge on any atom is -0.467 e. The summed E-state index contributed by atoms with van der Waals surface area (Å²) in [7, 11) is 0. The molecule has 0 bridgehead atoms. The maximum Gasteiger partial charge on any atom is 0.192 e. The number of hydrogen-bond donors (Lipinski definition) is 0. The third kappa shape index (κ3) is 3.55. The fourth-order valence-corrected chi connectivity index (χ4v) is 3.58. The largest absolute Gasteiger partial charge is 0.467 e. The molecule has 0 N–H and O–H groups in total. The predicted octanol–water partition coefficient (Wildman–Crippen LogP) is 5.02. The van der Waals surface area contributed by atoms with E-state index in [0.29, 0.717) is 17.9 Å². The summed E-state index contributed by atoms with van der Waals surface area (Å²) in [5, 5.41) is 9.41. The Balaban J connectivity index is 1.65. The third-order valence-corrected chi connectivity index (χ3v) is 4.97. The van der Waals surface area contributed by atoms with Crippen molar-refractivity contribution in [3.8, 4) is 11.4 Å². The van der Waals surface area contributed by atoms with Crippen LogP contribution in [-0.2, 0) is 12.3 Å². The number of benzene rings is 2. The van der Waals surface area contributed by atoms with E-state index in [0.717, 1.165) is 22.3 Å². The van der Waals surface area contributed by atoms with Gasteiger partial charge in [-0.1, -0.05) is 60.3 Å². The van der Waals surface area contributed by atoms with Crippen molar-refractivity contribution in [3.05, 3.63) is 90.1 Å². The Hall–Kier alpha value is -2.86. The van der Waals surface area contributed by atoms with Crippen LogP contribution in [0.4, 0.5) is 4.39 Å². The van der Waals surface area contributed by atoms with E-state index >= 15 is 0 Å². The van der Waals surface area contributed by atoms with Crippen molar-refractivity contribution >= 4 is 11.8 Å². The Kier molecular flexibility index (Phi) is 4.84. The first-order valence-electron chi connectivity index (χ1n) is 8.18. The van der Waals surface area contributed by atoms with Crippen LogP contribution in [0.2, 0.25) is 0 Å². The standard InChI is InChI=1S/C20H16FN3OS/c21-18-11-5-4-9-16(18)14-26-20-23-22-19(15-7-2-1-3-8-15)24(20)13-17-10-6-12-25-17/h1-12H,13-14H2. The minimum atomic E-state index is -0.208. The molecule has 0 atom stereocenters. The van der Waals surface area contributed by atoms with Gasteiger partial charge in [0.2, 0.25) is 0 Å². The van der Waals surface area contributed by atoms with Gasteiger partial charge in [-0.25, -0.2) is 4.39 Å². The molecular formula is C20H16FN3OS. The molecule has 0 radical (unpaired) electrons. The maximum absolute atomic E-state index is 13.9. The van der Waals surface area contributed by atoms with Gasteiger partial charge in [0.15, 0.2) is 11.0 Å². The van der Waals surface area contributed by atoms with Gasteiger partial charge >= 0.3 is 0 Å². The van der Waals surface area contributed by atoms with E-state index < -0.39 is 0 Å². The topological polar surface area (TPSA) is 43.9 Å². The summed E-state index contributed by atoms with van der Waals surface area (Å²) in [6.45, 7) is 0.518. The second-order valence-corrected chi connectivity index (χ2v) is 6.66. The zero-order valence-corrected chi connectivity index (χ0v) is 14.7. The molecule has 0 amide bonds. The van der Waals surface area contributed by atoms with E-state index in [4.69, 9.17) is 4.42 Å². The lowest BCUT2D eigenvalue weighted by molar-refractivity contribution is 0.485. The molecule has 6 heteroatoms. The first kappa shape index (κ1) is 16.6. The summed E-state index contributed by atoms with van der Waals surface area (Å²) >= 11 is 1.46. The summed E-state index contributed by atoms with van der Waals surface area (Å²) in [6.07, 6.45) is 1.65. The molecule has 2 heterocycles. The fourth-order valence-electron chi connectivity index (χ4n) is 2.65. The molecule has 0 aliphatic heterocycles. The van der Waals surface area contributed by atoms with Crippen LogP contribution in [0.25, 0.3) is 11.4 Å². The van der Waals surface area contributed by atoms with Gasteiger partial charge in [-0.2, -0.15) is 0 Å².